The maximum Gasteiger partial charge on any atom is 0.225 e. The molecule has 0 bridgehead atoms. The molecule has 0 spiro atoms. The lowest BCUT2D eigenvalue weighted by Crippen LogP contribution is -2.41. The van der Waals surface area contributed by atoms with E-state index in [0.717, 1.165) is 23.1 Å². The topological polar surface area (TPSA) is 135 Å². The summed E-state index contributed by atoms with van der Waals surface area (Å²) < 4.78 is 0. The molecule has 2 heterocycles. The molecule has 1 amide bonds. The summed E-state index contributed by atoms with van der Waals surface area (Å²) in [4.78, 5) is 71.6. The zero-order valence-electron chi connectivity index (χ0n) is 21.4. The predicted octanol–water partition coefficient (Wildman–Crippen LogP) is 2.74. The Labute approximate surface area is 229 Å². The molecule has 0 saturated heterocycles. The third kappa shape index (κ3) is 7.46. The quantitative estimate of drug-likeness (QED) is 0.328. The van der Waals surface area contributed by atoms with Gasteiger partial charge >= 0.3 is 0 Å². The highest BCUT2D eigenvalue weighted by molar-refractivity contribution is 7.11. The zero-order chi connectivity index (χ0) is 27.8. The number of hydrogen-bond donors (Lipinski definition) is 2. The van der Waals surface area contributed by atoms with Gasteiger partial charge in [0.25, 0.3) is 0 Å². The van der Waals surface area contributed by atoms with Crippen LogP contribution in [0, 0.1) is 0 Å². The number of Topliss-reactive ketones (excluding diaryl/α,β-unsaturated/α-hetero) is 3. The Morgan fingerprint density at radius 2 is 1.90 bits per heavy atom. The summed E-state index contributed by atoms with van der Waals surface area (Å²) in [6.45, 7) is 1.25. The molecular weight excluding hydrogens is 516 g/mol. The Bertz CT molecular complexity index is 1390. The Kier molecular flexibility index (Phi) is 9.35. The number of carbonyl (C=O) groups is 5. The highest BCUT2D eigenvalue weighted by Crippen LogP contribution is 2.28. The molecule has 1 aromatic carbocycles. The average molecular weight is 545 g/mol. The molecule has 0 saturated carbocycles. The molecule has 0 radical (unpaired) electrons. The number of carbonyl (C=O) groups excluding carboxylic acids is 5. The van der Waals surface area contributed by atoms with E-state index in [2.05, 4.69) is 20.6 Å². The van der Waals surface area contributed by atoms with E-state index in [0.29, 0.717) is 17.0 Å². The molecule has 9 nitrogen and oxygen atoms in total. The van der Waals surface area contributed by atoms with Gasteiger partial charge in [0, 0.05) is 24.2 Å². The van der Waals surface area contributed by atoms with Crippen LogP contribution in [0.3, 0.4) is 0 Å². The van der Waals surface area contributed by atoms with Gasteiger partial charge in [-0.15, -0.1) is 11.3 Å². The molecule has 200 valence electrons. The third-order valence-electron chi connectivity index (χ3n) is 6.28. The van der Waals surface area contributed by atoms with Crippen LogP contribution in [0.4, 0.5) is 0 Å². The van der Waals surface area contributed by atoms with Gasteiger partial charge in [0.05, 0.1) is 19.0 Å². The summed E-state index contributed by atoms with van der Waals surface area (Å²) in [5.41, 5.74) is 2.84. The number of aromatic nitrogens is 1. The van der Waals surface area contributed by atoms with E-state index in [1.54, 1.807) is 42.8 Å². The zero-order valence-corrected chi connectivity index (χ0v) is 22.2. The van der Waals surface area contributed by atoms with Crippen LogP contribution < -0.4 is 10.6 Å². The fourth-order valence-corrected chi connectivity index (χ4v) is 4.92. The molecule has 0 fully saturated rings. The highest BCUT2D eigenvalue weighted by Gasteiger charge is 2.26. The number of nitrogens with one attached hydrogen (secondary N) is 2. The van der Waals surface area contributed by atoms with E-state index < -0.39 is 35.5 Å². The Morgan fingerprint density at radius 3 is 2.64 bits per heavy atom. The van der Waals surface area contributed by atoms with Gasteiger partial charge in [0.2, 0.25) is 23.3 Å². The number of benzene rings is 1. The van der Waals surface area contributed by atoms with E-state index in [1.807, 2.05) is 18.2 Å². The molecule has 1 aliphatic heterocycles. The number of thiazole rings is 1. The van der Waals surface area contributed by atoms with Crippen molar-refractivity contribution < 1.29 is 24.0 Å². The Hall–Kier alpha value is -4.15. The van der Waals surface area contributed by atoms with Crippen molar-refractivity contribution in [3.63, 3.8) is 0 Å². The summed E-state index contributed by atoms with van der Waals surface area (Å²) in [7, 11) is 0. The number of ketones is 4. The predicted molar refractivity (Wildman–Crippen MR) is 148 cm³/mol. The highest BCUT2D eigenvalue weighted by atomic mass is 32.1. The molecule has 39 heavy (non-hydrogen) atoms. The molecule has 2 atom stereocenters. The maximum atomic E-state index is 13.1. The smallest absolute Gasteiger partial charge is 0.225 e. The first-order chi connectivity index (χ1) is 18.8. The van der Waals surface area contributed by atoms with Crippen molar-refractivity contribution in [2.75, 3.05) is 6.54 Å². The molecule has 2 unspecified atom stereocenters. The lowest BCUT2D eigenvalue weighted by molar-refractivity contribution is -0.135. The van der Waals surface area contributed by atoms with Crippen LogP contribution in [0.15, 0.2) is 81.8 Å². The summed E-state index contributed by atoms with van der Waals surface area (Å²) in [6, 6.07) is 8.17. The lowest BCUT2D eigenvalue weighted by Gasteiger charge is -2.21. The molecule has 2 aliphatic rings. The van der Waals surface area contributed by atoms with Crippen LogP contribution in [0.25, 0.3) is 0 Å². The van der Waals surface area contributed by atoms with Crippen molar-refractivity contribution in [1.29, 1.82) is 0 Å². The van der Waals surface area contributed by atoms with Crippen molar-refractivity contribution in [3.05, 3.63) is 87.4 Å². The fraction of sp³-hybridized carbons (Fsp3) is 0.276. The summed E-state index contributed by atoms with van der Waals surface area (Å²) in [5, 5.41) is 7.48. The normalized spacial score (nSPS) is 18.3. The molecule has 2 aromatic rings. The minimum atomic E-state index is -1.09. The van der Waals surface area contributed by atoms with Gasteiger partial charge in [0.15, 0.2) is 17.0 Å². The van der Waals surface area contributed by atoms with Crippen molar-refractivity contribution in [1.82, 2.24) is 15.6 Å². The van der Waals surface area contributed by atoms with Crippen molar-refractivity contribution in [2.24, 2.45) is 4.99 Å². The van der Waals surface area contributed by atoms with E-state index in [4.69, 9.17) is 0 Å². The first-order valence-electron chi connectivity index (χ1n) is 12.6. The van der Waals surface area contributed by atoms with Crippen LogP contribution in [-0.4, -0.2) is 59.0 Å². The number of amides is 1. The Balaban J connectivity index is 1.43. The minimum Gasteiger partial charge on any atom is -0.346 e. The van der Waals surface area contributed by atoms with Gasteiger partial charge in [0.1, 0.15) is 0 Å². The van der Waals surface area contributed by atoms with Gasteiger partial charge in [-0.3, -0.25) is 34.3 Å². The number of nitrogens with zero attached hydrogens (tertiary/aromatic N) is 2. The van der Waals surface area contributed by atoms with Gasteiger partial charge < -0.3 is 5.32 Å². The standard InChI is InChI=1S/C29H28N4O5S/c1-18(27(38)29-30-11-12-39-29)33-26(37)15-21-14-24(35)28(31-16-20-9-5-6-10-22(20)21)32-17-25(36)23(34)13-19-7-3-2-4-8-19/h2-5,7-9,11-12,14,16,18,28,32H,6,10,13,15,17H2,1H3,(H,33,37)/b21-14?,31-16-. The minimum absolute atomic E-state index is 0.0209. The Morgan fingerprint density at radius 1 is 1.10 bits per heavy atom. The van der Waals surface area contributed by atoms with E-state index in [-0.39, 0.29) is 25.2 Å². The maximum absolute atomic E-state index is 13.1. The first-order valence-corrected chi connectivity index (χ1v) is 13.4. The summed E-state index contributed by atoms with van der Waals surface area (Å²) in [6.07, 6.45) is 8.46. The van der Waals surface area contributed by atoms with Crippen LogP contribution in [0.2, 0.25) is 0 Å². The second-order valence-electron chi connectivity index (χ2n) is 9.18. The van der Waals surface area contributed by atoms with Gasteiger partial charge in [-0.1, -0.05) is 42.5 Å². The molecule has 1 aliphatic carbocycles. The number of aliphatic imine (C=N–C) groups is 1. The SMILES string of the molecule is CC(NC(=O)CC1=CC(=O)C(NCC(=O)C(=O)Cc2ccccc2)/N=C\C2=C1CCC=C2)C(=O)c1nccs1. The van der Waals surface area contributed by atoms with E-state index in [9.17, 15) is 24.0 Å². The molecule has 1 aromatic heterocycles. The van der Waals surface area contributed by atoms with Crippen LogP contribution >= 0.6 is 11.3 Å². The number of hydrogen-bond acceptors (Lipinski definition) is 9. The molecular formula is C29H28N4O5S. The second kappa shape index (κ2) is 13.1. The van der Waals surface area contributed by atoms with Crippen LogP contribution in [0.5, 0.6) is 0 Å². The fourth-order valence-electron chi connectivity index (χ4n) is 4.26. The van der Waals surface area contributed by atoms with E-state index >= 15 is 0 Å². The second-order valence-corrected chi connectivity index (χ2v) is 10.1. The van der Waals surface area contributed by atoms with Crippen molar-refractivity contribution in [3.8, 4) is 0 Å². The van der Waals surface area contributed by atoms with Crippen LogP contribution in [-0.2, 0) is 25.6 Å². The van der Waals surface area contributed by atoms with E-state index in [1.165, 1.54) is 23.6 Å². The monoisotopic (exact) mass is 544 g/mol. The molecule has 4 rings (SSSR count). The largest absolute Gasteiger partial charge is 0.346 e. The third-order valence-corrected chi connectivity index (χ3v) is 7.07. The summed E-state index contributed by atoms with van der Waals surface area (Å²) >= 11 is 1.20. The van der Waals surface area contributed by atoms with Gasteiger partial charge in [-0.2, -0.15) is 0 Å². The summed E-state index contributed by atoms with van der Waals surface area (Å²) in [5.74, 6) is -2.35. The lowest BCUT2D eigenvalue weighted by atomic mass is 9.88. The number of rotatable bonds is 11. The van der Waals surface area contributed by atoms with Gasteiger partial charge in [-0.25, -0.2) is 4.98 Å². The van der Waals surface area contributed by atoms with Crippen molar-refractivity contribution >= 4 is 46.6 Å². The molecule has 10 heteroatoms. The average Bonchev–Trinajstić information content (AvgIpc) is 3.47. The first kappa shape index (κ1) is 27.9. The molecule has 2 N–H and O–H groups in total. The van der Waals surface area contributed by atoms with Crippen LogP contribution in [0.1, 0.15) is 41.6 Å². The van der Waals surface area contributed by atoms with Crippen molar-refractivity contribution in [2.45, 2.75) is 44.8 Å². The van der Waals surface area contributed by atoms with Gasteiger partial charge in [-0.05, 0) is 48.1 Å². The number of allylic oxidation sites excluding steroid dienone is 4.